The Labute approximate surface area is 128 Å². The van der Waals surface area contributed by atoms with E-state index in [-0.39, 0.29) is 17.6 Å². The van der Waals surface area contributed by atoms with Crippen molar-refractivity contribution in [2.24, 2.45) is 0 Å². The standard InChI is InChI=1S/C18H18FNO2/c1-12(2)20-10-13(17-7-6-14(19)8-18(17)20)11-22-16-5-3-4-15(21)9-16/h3-10,12,21H,11H2,1-2H3. The number of benzene rings is 2. The lowest BCUT2D eigenvalue weighted by atomic mass is 10.2. The van der Waals surface area contributed by atoms with Crippen molar-refractivity contribution in [1.82, 2.24) is 4.57 Å². The first-order chi connectivity index (χ1) is 10.5. The third-order valence-corrected chi connectivity index (χ3v) is 3.65. The SMILES string of the molecule is CC(C)n1cc(COc2cccc(O)c2)c2ccc(F)cc21. The Morgan fingerprint density at radius 3 is 2.73 bits per heavy atom. The number of hydrogen-bond donors (Lipinski definition) is 1. The number of hydrogen-bond acceptors (Lipinski definition) is 2. The van der Waals surface area contributed by atoms with Crippen molar-refractivity contribution >= 4 is 10.9 Å². The molecule has 0 aliphatic rings. The van der Waals surface area contributed by atoms with E-state index in [4.69, 9.17) is 4.74 Å². The Hall–Kier alpha value is -2.49. The third-order valence-electron chi connectivity index (χ3n) is 3.65. The second-order valence-corrected chi connectivity index (χ2v) is 5.60. The molecule has 3 nitrogen and oxygen atoms in total. The van der Waals surface area contributed by atoms with Crippen LogP contribution in [0.5, 0.6) is 11.5 Å². The van der Waals surface area contributed by atoms with Crippen LogP contribution < -0.4 is 4.74 Å². The molecule has 0 unspecified atom stereocenters. The summed E-state index contributed by atoms with van der Waals surface area (Å²) in [4.78, 5) is 0. The van der Waals surface area contributed by atoms with Gasteiger partial charge in [-0.1, -0.05) is 6.07 Å². The summed E-state index contributed by atoms with van der Waals surface area (Å²) in [5, 5.41) is 10.4. The van der Waals surface area contributed by atoms with Gasteiger partial charge in [0.1, 0.15) is 23.9 Å². The summed E-state index contributed by atoms with van der Waals surface area (Å²) in [5.41, 5.74) is 1.86. The van der Waals surface area contributed by atoms with Gasteiger partial charge in [-0.3, -0.25) is 0 Å². The van der Waals surface area contributed by atoms with Crippen LogP contribution in [-0.2, 0) is 6.61 Å². The quantitative estimate of drug-likeness (QED) is 0.761. The minimum absolute atomic E-state index is 0.171. The van der Waals surface area contributed by atoms with E-state index in [0.29, 0.717) is 12.4 Å². The summed E-state index contributed by atoms with van der Waals surface area (Å²) in [6, 6.07) is 11.7. The number of nitrogens with zero attached hydrogens (tertiary/aromatic N) is 1. The fourth-order valence-electron chi connectivity index (χ4n) is 2.57. The van der Waals surface area contributed by atoms with Gasteiger partial charge in [0.15, 0.2) is 0 Å². The van der Waals surface area contributed by atoms with E-state index in [9.17, 15) is 9.50 Å². The van der Waals surface area contributed by atoms with Crippen LogP contribution in [-0.4, -0.2) is 9.67 Å². The fourth-order valence-corrected chi connectivity index (χ4v) is 2.57. The number of halogens is 1. The molecule has 0 saturated carbocycles. The summed E-state index contributed by atoms with van der Waals surface area (Å²) in [6.45, 7) is 4.49. The van der Waals surface area contributed by atoms with Crippen molar-refractivity contribution in [1.29, 1.82) is 0 Å². The average molecular weight is 299 g/mol. The second-order valence-electron chi connectivity index (χ2n) is 5.60. The molecule has 0 spiro atoms. The molecule has 3 aromatic rings. The fraction of sp³-hybridized carbons (Fsp3) is 0.222. The maximum atomic E-state index is 13.5. The normalized spacial score (nSPS) is 11.3. The maximum Gasteiger partial charge on any atom is 0.125 e. The van der Waals surface area contributed by atoms with Crippen molar-refractivity contribution in [2.45, 2.75) is 26.5 Å². The van der Waals surface area contributed by atoms with Crippen molar-refractivity contribution in [3.63, 3.8) is 0 Å². The van der Waals surface area contributed by atoms with Gasteiger partial charge in [-0.2, -0.15) is 0 Å². The molecule has 0 aliphatic carbocycles. The number of aromatic nitrogens is 1. The van der Waals surface area contributed by atoms with Crippen LogP contribution in [0, 0.1) is 5.82 Å². The lowest BCUT2D eigenvalue weighted by Crippen LogP contribution is -1.98. The van der Waals surface area contributed by atoms with Gasteiger partial charge in [-0.15, -0.1) is 0 Å². The highest BCUT2D eigenvalue weighted by molar-refractivity contribution is 5.84. The first kappa shape index (κ1) is 14.4. The van der Waals surface area contributed by atoms with E-state index >= 15 is 0 Å². The predicted molar refractivity (Wildman–Crippen MR) is 84.7 cm³/mol. The van der Waals surface area contributed by atoms with E-state index in [1.807, 2.05) is 10.8 Å². The largest absolute Gasteiger partial charge is 0.508 e. The smallest absolute Gasteiger partial charge is 0.125 e. The van der Waals surface area contributed by atoms with E-state index in [0.717, 1.165) is 16.5 Å². The van der Waals surface area contributed by atoms with Gasteiger partial charge >= 0.3 is 0 Å². The molecule has 2 aromatic carbocycles. The van der Waals surface area contributed by atoms with Crippen LogP contribution in [0.4, 0.5) is 4.39 Å². The summed E-state index contributed by atoms with van der Waals surface area (Å²) >= 11 is 0. The first-order valence-corrected chi connectivity index (χ1v) is 7.25. The third kappa shape index (κ3) is 2.77. The molecular weight excluding hydrogens is 281 g/mol. The first-order valence-electron chi connectivity index (χ1n) is 7.25. The van der Waals surface area contributed by atoms with Gasteiger partial charge in [0, 0.05) is 29.3 Å². The molecular formula is C18H18FNO2. The van der Waals surface area contributed by atoms with Gasteiger partial charge < -0.3 is 14.4 Å². The lowest BCUT2D eigenvalue weighted by Gasteiger charge is -2.08. The number of ether oxygens (including phenoxy) is 1. The van der Waals surface area contributed by atoms with Crippen LogP contribution in [0.1, 0.15) is 25.5 Å². The Morgan fingerprint density at radius 2 is 2.00 bits per heavy atom. The van der Waals surface area contributed by atoms with Gasteiger partial charge in [0.25, 0.3) is 0 Å². The average Bonchev–Trinajstić information content (AvgIpc) is 2.83. The van der Waals surface area contributed by atoms with Crippen LogP contribution in [0.2, 0.25) is 0 Å². The van der Waals surface area contributed by atoms with E-state index in [1.54, 1.807) is 36.4 Å². The zero-order valence-electron chi connectivity index (χ0n) is 12.6. The molecule has 22 heavy (non-hydrogen) atoms. The van der Waals surface area contributed by atoms with Gasteiger partial charge in [-0.25, -0.2) is 4.39 Å². The summed E-state index contributed by atoms with van der Waals surface area (Å²) in [6.07, 6.45) is 2.00. The molecule has 4 heteroatoms. The van der Waals surface area contributed by atoms with Gasteiger partial charge in [0.2, 0.25) is 0 Å². The van der Waals surface area contributed by atoms with Crippen molar-refractivity contribution in [3.05, 3.63) is 60.0 Å². The lowest BCUT2D eigenvalue weighted by molar-refractivity contribution is 0.305. The van der Waals surface area contributed by atoms with Crippen molar-refractivity contribution in [2.75, 3.05) is 0 Å². The van der Waals surface area contributed by atoms with Crippen LogP contribution >= 0.6 is 0 Å². The zero-order chi connectivity index (χ0) is 15.7. The maximum absolute atomic E-state index is 13.5. The molecule has 114 valence electrons. The molecule has 0 atom stereocenters. The van der Waals surface area contributed by atoms with Gasteiger partial charge in [0.05, 0.1) is 5.52 Å². The Balaban J connectivity index is 1.93. The summed E-state index contributed by atoms with van der Waals surface area (Å²) in [7, 11) is 0. The summed E-state index contributed by atoms with van der Waals surface area (Å²) < 4.78 is 21.3. The number of aromatic hydroxyl groups is 1. The van der Waals surface area contributed by atoms with E-state index in [2.05, 4.69) is 13.8 Å². The second kappa shape index (κ2) is 5.72. The van der Waals surface area contributed by atoms with E-state index < -0.39 is 0 Å². The predicted octanol–water partition coefficient (Wildman–Crippen LogP) is 4.65. The van der Waals surface area contributed by atoms with Crippen molar-refractivity contribution < 1.29 is 14.2 Å². The van der Waals surface area contributed by atoms with Crippen LogP contribution in [0.3, 0.4) is 0 Å². The highest BCUT2D eigenvalue weighted by Gasteiger charge is 2.12. The minimum atomic E-state index is -0.243. The molecule has 0 bridgehead atoms. The Morgan fingerprint density at radius 1 is 1.18 bits per heavy atom. The zero-order valence-corrected chi connectivity index (χ0v) is 12.6. The highest BCUT2D eigenvalue weighted by Crippen LogP contribution is 2.27. The number of phenolic OH excluding ortho intramolecular Hbond substituents is 1. The molecule has 0 aliphatic heterocycles. The van der Waals surface area contributed by atoms with Gasteiger partial charge in [-0.05, 0) is 44.2 Å². The highest BCUT2D eigenvalue weighted by atomic mass is 19.1. The molecule has 3 rings (SSSR count). The summed E-state index contributed by atoms with van der Waals surface area (Å²) in [5.74, 6) is 0.532. The topological polar surface area (TPSA) is 34.4 Å². The minimum Gasteiger partial charge on any atom is -0.508 e. The molecule has 0 saturated heterocycles. The molecule has 1 aromatic heterocycles. The molecule has 0 fully saturated rings. The molecule has 0 radical (unpaired) electrons. The number of rotatable bonds is 4. The number of fused-ring (bicyclic) bond motifs is 1. The molecule has 0 amide bonds. The van der Waals surface area contributed by atoms with Crippen LogP contribution in [0.25, 0.3) is 10.9 Å². The molecule has 1 heterocycles. The Kier molecular flexibility index (Phi) is 3.75. The Bertz CT molecular complexity index is 808. The monoisotopic (exact) mass is 299 g/mol. The molecule has 1 N–H and O–H groups in total. The van der Waals surface area contributed by atoms with Crippen molar-refractivity contribution in [3.8, 4) is 11.5 Å². The van der Waals surface area contributed by atoms with E-state index in [1.165, 1.54) is 6.07 Å². The van der Waals surface area contributed by atoms with Crippen LogP contribution in [0.15, 0.2) is 48.7 Å². The number of phenols is 1.